The molecule has 38 heavy (non-hydrogen) atoms. The molecule has 2 bridgehead atoms. The number of hydrogen-bond acceptors (Lipinski definition) is 7. The summed E-state index contributed by atoms with van der Waals surface area (Å²) < 4.78 is 6.02. The minimum atomic E-state index is 0.0261. The minimum Gasteiger partial charge on any atom is -0.397 e. The standard InChI is InChI=1S/C28H36N4O2S.C2H6O/c33-27-24-18-9-10-19(15-18)25(24)28(34)32(27)17-21-6-2-1-5-20(21)16-30-11-13-31(14-12-30)26-22-7-3-4-8-23(22)35-29-26;1-2-3/h3-4,7-8,18-21,24-25H,1-2,5-6,9-17H2;3H,2H2,1H3/t18-,19+,20-,21-,24+,25-;/m0./s1. The van der Waals surface area contributed by atoms with Crippen molar-refractivity contribution >= 4 is 39.3 Å². The van der Waals surface area contributed by atoms with Crippen LogP contribution in [0.3, 0.4) is 0 Å². The number of imide groups is 1. The summed E-state index contributed by atoms with van der Waals surface area (Å²) in [6, 6.07) is 8.54. The van der Waals surface area contributed by atoms with E-state index in [1.54, 1.807) is 23.4 Å². The smallest absolute Gasteiger partial charge is 0.233 e. The molecule has 2 aliphatic heterocycles. The van der Waals surface area contributed by atoms with Crippen LogP contribution in [0.4, 0.5) is 5.82 Å². The van der Waals surface area contributed by atoms with Gasteiger partial charge in [0.1, 0.15) is 5.82 Å². The molecule has 1 N–H and O–H groups in total. The fourth-order valence-corrected chi connectivity index (χ4v) is 9.02. The van der Waals surface area contributed by atoms with Crippen LogP contribution in [0, 0.1) is 35.5 Å². The van der Waals surface area contributed by atoms with Gasteiger partial charge < -0.3 is 10.0 Å². The van der Waals surface area contributed by atoms with Gasteiger partial charge in [-0.3, -0.25) is 19.4 Å². The number of benzene rings is 1. The second kappa shape index (κ2) is 11.2. The summed E-state index contributed by atoms with van der Waals surface area (Å²) in [6.07, 6.45) is 8.35. The lowest BCUT2D eigenvalue weighted by Crippen LogP contribution is -2.49. The van der Waals surface area contributed by atoms with Gasteiger partial charge in [-0.05, 0) is 86.4 Å². The predicted octanol–water partition coefficient (Wildman–Crippen LogP) is 4.25. The molecule has 3 aliphatic carbocycles. The summed E-state index contributed by atoms with van der Waals surface area (Å²) in [5, 5.41) is 8.84. The Hall–Kier alpha value is -2.03. The molecule has 0 unspecified atom stereocenters. The number of aliphatic hydroxyl groups is 1. The normalized spacial score (nSPS) is 33.1. The Kier molecular flexibility index (Phi) is 7.74. The van der Waals surface area contributed by atoms with E-state index in [9.17, 15) is 9.59 Å². The molecule has 1 aromatic heterocycles. The van der Waals surface area contributed by atoms with Crippen molar-refractivity contribution in [1.82, 2.24) is 14.2 Å². The second-order valence-electron chi connectivity index (χ2n) is 12.1. The molecule has 3 saturated carbocycles. The lowest BCUT2D eigenvalue weighted by atomic mass is 9.78. The Morgan fingerprint density at radius 1 is 0.895 bits per heavy atom. The molecule has 5 aliphatic rings. The van der Waals surface area contributed by atoms with Crippen LogP contribution in [0.1, 0.15) is 51.9 Å². The number of rotatable bonds is 5. The van der Waals surface area contributed by atoms with Gasteiger partial charge in [0, 0.05) is 51.3 Å². The monoisotopic (exact) mass is 538 g/mol. The maximum atomic E-state index is 13.3. The van der Waals surface area contributed by atoms with E-state index in [0.29, 0.717) is 30.2 Å². The van der Waals surface area contributed by atoms with Gasteiger partial charge in [0.25, 0.3) is 0 Å². The Morgan fingerprint density at radius 2 is 1.50 bits per heavy atom. The molecule has 1 aromatic carbocycles. The largest absolute Gasteiger partial charge is 0.397 e. The summed E-state index contributed by atoms with van der Waals surface area (Å²) in [7, 11) is 0. The number of carbonyl (C=O) groups excluding carboxylic acids is 2. The van der Waals surface area contributed by atoms with Crippen LogP contribution < -0.4 is 4.90 Å². The average molecular weight is 539 g/mol. The summed E-state index contributed by atoms with van der Waals surface area (Å²) in [4.78, 5) is 33.4. The van der Waals surface area contributed by atoms with Crippen molar-refractivity contribution in [1.29, 1.82) is 0 Å². The van der Waals surface area contributed by atoms with Crippen LogP contribution in [0.2, 0.25) is 0 Å². The van der Waals surface area contributed by atoms with Crippen molar-refractivity contribution in [3.8, 4) is 0 Å². The summed E-state index contributed by atoms with van der Waals surface area (Å²) in [5.74, 6) is 3.59. The van der Waals surface area contributed by atoms with Crippen LogP contribution in [-0.2, 0) is 9.59 Å². The van der Waals surface area contributed by atoms with Crippen molar-refractivity contribution in [3.05, 3.63) is 24.3 Å². The Labute approximate surface area is 230 Å². The van der Waals surface area contributed by atoms with E-state index in [1.807, 2.05) is 0 Å². The van der Waals surface area contributed by atoms with Crippen molar-refractivity contribution in [2.75, 3.05) is 50.8 Å². The lowest BCUT2D eigenvalue weighted by molar-refractivity contribution is -0.142. The highest BCUT2D eigenvalue weighted by Crippen LogP contribution is 2.56. The number of nitrogens with zero attached hydrogens (tertiary/aromatic N) is 4. The van der Waals surface area contributed by atoms with E-state index in [4.69, 9.17) is 9.48 Å². The number of aromatic nitrogens is 1. The molecular formula is C30H42N4O3S. The molecule has 5 fully saturated rings. The van der Waals surface area contributed by atoms with E-state index in [1.165, 1.54) is 29.3 Å². The first kappa shape index (κ1) is 26.2. The highest BCUT2D eigenvalue weighted by Gasteiger charge is 2.61. The number of hydrogen-bond donors (Lipinski definition) is 1. The predicted molar refractivity (Wildman–Crippen MR) is 151 cm³/mol. The van der Waals surface area contributed by atoms with Gasteiger partial charge in [-0.1, -0.05) is 25.0 Å². The molecule has 2 saturated heterocycles. The third-order valence-electron chi connectivity index (χ3n) is 10.0. The molecule has 2 aromatic rings. The van der Waals surface area contributed by atoms with E-state index < -0.39 is 0 Å². The first-order valence-electron chi connectivity index (χ1n) is 14.9. The average Bonchev–Trinajstić information content (AvgIpc) is 3.71. The van der Waals surface area contributed by atoms with Crippen LogP contribution in [0.5, 0.6) is 0 Å². The van der Waals surface area contributed by atoms with Gasteiger partial charge in [-0.15, -0.1) is 0 Å². The van der Waals surface area contributed by atoms with Crippen molar-refractivity contribution in [2.45, 2.75) is 51.9 Å². The van der Waals surface area contributed by atoms with E-state index in [0.717, 1.165) is 64.2 Å². The summed E-state index contributed by atoms with van der Waals surface area (Å²) in [6.45, 7) is 7.86. The summed E-state index contributed by atoms with van der Waals surface area (Å²) in [5.41, 5.74) is 0. The third-order valence-corrected chi connectivity index (χ3v) is 10.8. The Morgan fingerprint density at radius 3 is 2.16 bits per heavy atom. The molecule has 7 rings (SSSR count). The number of aliphatic hydroxyl groups excluding tert-OH is 1. The molecule has 3 heterocycles. The topological polar surface area (TPSA) is 77.0 Å². The maximum absolute atomic E-state index is 13.3. The zero-order chi connectivity index (χ0) is 26.2. The van der Waals surface area contributed by atoms with E-state index >= 15 is 0 Å². The van der Waals surface area contributed by atoms with Gasteiger partial charge in [0.2, 0.25) is 11.8 Å². The van der Waals surface area contributed by atoms with Crippen molar-refractivity contribution in [3.63, 3.8) is 0 Å². The molecule has 6 atom stereocenters. The SMILES string of the molecule is CCO.O=C1[C@@H]2[C@H]3CC[C@H](C3)[C@@H]2C(=O)N1C[C@@H]1CCCC[C@H]1CN1CCN(c2nsc3ccccc23)CC1. The first-order valence-corrected chi connectivity index (χ1v) is 15.6. The molecule has 8 heteroatoms. The van der Waals surface area contributed by atoms with Crippen LogP contribution >= 0.6 is 11.5 Å². The minimum absolute atomic E-state index is 0.0261. The van der Waals surface area contributed by atoms with Crippen molar-refractivity contribution in [2.24, 2.45) is 35.5 Å². The maximum Gasteiger partial charge on any atom is 0.233 e. The number of anilines is 1. The molecule has 7 nitrogen and oxygen atoms in total. The fourth-order valence-electron chi connectivity index (χ4n) is 8.22. The van der Waals surface area contributed by atoms with Gasteiger partial charge >= 0.3 is 0 Å². The lowest BCUT2D eigenvalue weighted by Gasteiger charge is -2.40. The zero-order valence-electron chi connectivity index (χ0n) is 22.6. The van der Waals surface area contributed by atoms with Gasteiger partial charge in [-0.25, -0.2) is 0 Å². The van der Waals surface area contributed by atoms with Crippen LogP contribution in [0.25, 0.3) is 10.1 Å². The van der Waals surface area contributed by atoms with Gasteiger partial charge in [0.15, 0.2) is 0 Å². The van der Waals surface area contributed by atoms with Crippen molar-refractivity contribution < 1.29 is 14.7 Å². The molecule has 206 valence electrons. The fraction of sp³-hybridized carbons (Fsp3) is 0.700. The van der Waals surface area contributed by atoms with Gasteiger partial charge in [-0.2, -0.15) is 4.37 Å². The number of amides is 2. The third kappa shape index (κ3) is 4.77. The Bertz CT molecular complexity index is 1120. The number of carbonyl (C=O) groups is 2. The quantitative estimate of drug-likeness (QED) is 0.574. The van der Waals surface area contributed by atoms with Crippen LogP contribution in [-0.4, -0.2) is 77.0 Å². The van der Waals surface area contributed by atoms with Gasteiger partial charge in [0.05, 0.1) is 16.5 Å². The molecule has 0 spiro atoms. The van der Waals surface area contributed by atoms with E-state index in [-0.39, 0.29) is 30.3 Å². The molecule has 2 amide bonds. The Balaban J connectivity index is 0.000000843. The highest BCUT2D eigenvalue weighted by atomic mass is 32.1. The second-order valence-corrected chi connectivity index (χ2v) is 12.9. The van der Waals surface area contributed by atoms with E-state index in [2.05, 4.69) is 34.1 Å². The molecular weight excluding hydrogens is 496 g/mol. The number of likely N-dealkylation sites (tertiary alicyclic amines) is 1. The number of piperazine rings is 1. The zero-order valence-corrected chi connectivity index (χ0v) is 23.5. The van der Waals surface area contributed by atoms with Crippen LogP contribution in [0.15, 0.2) is 24.3 Å². The molecule has 0 radical (unpaired) electrons. The first-order chi connectivity index (χ1) is 18.6. The highest BCUT2D eigenvalue weighted by molar-refractivity contribution is 7.13. The summed E-state index contributed by atoms with van der Waals surface area (Å²) >= 11 is 1.60. The number of fused-ring (bicyclic) bond motifs is 6.